The first-order valence-corrected chi connectivity index (χ1v) is 7.69. The molecule has 6 nitrogen and oxygen atoms in total. The van der Waals surface area contributed by atoms with E-state index in [1.807, 2.05) is 13.8 Å². The maximum atomic E-state index is 13.2. The number of nitro groups is 1. The van der Waals surface area contributed by atoms with Crippen LogP contribution in [-0.2, 0) is 0 Å². The highest BCUT2D eigenvalue weighted by Gasteiger charge is 2.14. The lowest BCUT2D eigenvalue weighted by Crippen LogP contribution is -2.05. The second-order valence-corrected chi connectivity index (χ2v) is 5.76. The molecule has 0 bridgehead atoms. The number of nitro benzene ring substituents is 1. The van der Waals surface area contributed by atoms with Gasteiger partial charge in [-0.25, -0.2) is 9.38 Å². The zero-order valence-corrected chi connectivity index (χ0v) is 14.2. The molecule has 132 valence electrons. The average Bonchev–Trinajstić information content (AvgIpc) is 2.58. The predicted octanol–water partition coefficient (Wildman–Crippen LogP) is 4.53. The summed E-state index contributed by atoms with van der Waals surface area (Å²) in [7, 11) is 1.53. The Morgan fingerprint density at radius 3 is 2.64 bits per heavy atom. The van der Waals surface area contributed by atoms with Crippen molar-refractivity contribution in [3.05, 3.63) is 57.9 Å². The van der Waals surface area contributed by atoms with E-state index < -0.39 is 10.7 Å². The highest BCUT2D eigenvalue weighted by Crippen LogP contribution is 2.30. The van der Waals surface area contributed by atoms with Crippen LogP contribution in [0.5, 0.6) is 11.5 Å². The second kappa shape index (κ2) is 8.23. The quantitative estimate of drug-likeness (QED) is 0.419. The maximum absolute atomic E-state index is 13.2. The first-order chi connectivity index (χ1) is 11.9. The van der Waals surface area contributed by atoms with Crippen LogP contribution in [0.2, 0.25) is 0 Å². The van der Waals surface area contributed by atoms with Crippen molar-refractivity contribution in [2.24, 2.45) is 10.9 Å². The maximum Gasteiger partial charge on any atom is 0.297 e. The van der Waals surface area contributed by atoms with Crippen LogP contribution in [0.4, 0.5) is 15.8 Å². The Morgan fingerprint density at radius 2 is 2.00 bits per heavy atom. The summed E-state index contributed by atoms with van der Waals surface area (Å²) >= 11 is 0. The lowest BCUT2D eigenvalue weighted by atomic mass is 10.2. The third-order valence-electron chi connectivity index (χ3n) is 3.25. The van der Waals surface area contributed by atoms with Gasteiger partial charge in [0.2, 0.25) is 0 Å². The van der Waals surface area contributed by atoms with E-state index in [1.54, 1.807) is 18.2 Å². The first kappa shape index (κ1) is 18.4. The van der Waals surface area contributed by atoms with Crippen LogP contribution in [0.3, 0.4) is 0 Å². The largest absolute Gasteiger partial charge is 0.493 e. The molecule has 2 rings (SSSR count). The fourth-order valence-electron chi connectivity index (χ4n) is 2.04. The molecule has 0 aliphatic rings. The first-order valence-electron chi connectivity index (χ1n) is 7.69. The fourth-order valence-corrected chi connectivity index (χ4v) is 2.04. The van der Waals surface area contributed by atoms with Crippen molar-refractivity contribution >= 4 is 17.6 Å². The Morgan fingerprint density at radius 1 is 1.24 bits per heavy atom. The molecular weight excluding hydrogens is 327 g/mol. The van der Waals surface area contributed by atoms with Crippen LogP contribution in [0.25, 0.3) is 0 Å². The molecule has 0 heterocycles. The van der Waals surface area contributed by atoms with Gasteiger partial charge in [0.15, 0.2) is 11.5 Å². The Labute approximate surface area is 145 Å². The van der Waals surface area contributed by atoms with Gasteiger partial charge >= 0.3 is 0 Å². The topological polar surface area (TPSA) is 74.0 Å². The standard InChI is InChI=1S/C18H19FN2O4/c1-12(2)11-25-17-7-4-13(8-18(17)24-3)10-20-15-6-5-14(19)9-16(15)21(22)23/h4-10,12H,11H2,1-3H3. The number of methoxy groups -OCH3 is 1. The minimum Gasteiger partial charge on any atom is -0.493 e. The van der Waals surface area contributed by atoms with E-state index in [-0.39, 0.29) is 11.4 Å². The normalized spacial score (nSPS) is 11.1. The van der Waals surface area contributed by atoms with Crippen LogP contribution in [0.1, 0.15) is 19.4 Å². The van der Waals surface area contributed by atoms with Crippen molar-refractivity contribution in [1.29, 1.82) is 0 Å². The summed E-state index contributed by atoms with van der Waals surface area (Å²) in [5, 5.41) is 11.0. The van der Waals surface area contributed by atoms with Gasteiger partial charge < -0.3 is 9.47 Å². The molecule has 0 atom stereocenters. The zero-order chi connectivity index (χ0) is 18.4. The molecule has 0 aromatic heterocycles. The van der Waals surface area contributed by atoms with Gasteiger partial charge in [-0.1, -0.05) is 13.8 Å². The zero-order valence-electron chi connectivity index (χ0n) is 14.2. The van der Waals surface area contributed by atoms with Crippen LogP contribution < -0.4 is 9.47 Å². The van der Waals surface area contributed by atoms with Gasteiger partial charge in [-0.3, -0.25) is 10.1 Å². The number of aliphatic imine (C=N–C) groups is 1. The number of hydrogen-bond acceptors (Lipinski definition) is 5. The van der Waals surface area contributed by atoms with E-state index in [1.165, 1.54) is 19.4 Å². The van der Waals surface area contributed by atoms with Crippen molar-refractivity contribution in [3.8, 4) is 11.5 Å². The molecule has 0 spiro atoms. The SMILES string of the molecule is COc1cc(C=Nc2ccc(F)cc2[N+](=O)[O-])ccc1OCC(C)C. The van der Waals surface area contributed by atoms with E-state index in [2.05, 4.69) is 4.99 Å². The van der Waals surface area contributed by atoms with E-state index in [9.17, 15) is 14.5 Å². The molecule has 0 saturated heterocycles. The molecule has 0 aliphatic carbocycles. The highest BCUT2D eigenvalue weighted by molar-refractivity contribution is 5.84. The van der Waals surface area contributed by atoms with E-state index in [4.69, 9.17) is 9.47 Å². The molecular formula is C18H19FN2O4. The Kier molecular flexibility index (Phi) is 6.05. The molecule has 2 aromatic rings. The second-order valence-electron chi connectivity index (χ2n) is 5.76. The van der Waals surface area contributed by atoms with Crippen LogP contribution in [-0.4, -0.2) is 24.9 Å². The molecule has 7 heteroatoms. The molecule has 0 aliphatic heterocycles. The van der Waals surface area contributed by atoms with Crippen molar-refractivity contribution in [1.82, 2.24) is 0 Å². The van der Waals surface area contributed by atoms with Gasteiger partial charge in [0.05, 0.1) is 24.7 Å². The minimum absolute atomic E-state index is 0.0745. The van der Waals surface area contributed by atoms with Gasteiger partial charge in [-0.15, -0.1) is 0 Å². The van der Waals surface area contributed by atoms with Gasteiger partial charge in [0, 0.05) is 6.21 Å². The summed E-state index contributed by atoms with van der Waals surface area (Å²) in [4.78, 5) is 14.4. The predicted molar refractivity (Wildman–Crippen MR) is 93.6 cm³/mol. The molecule has 0 saturated carbocycles. The lowest BCUT2D eigenvalue weighted by molar-refractivity contribution is -0.384. The molecule has 0 N–H and O–H groups in total. The van der Waals surface area contributed by atoms with Crippen LogP contribution in [0.15, 0.2) is 41.4 Å². The summed E-state index contributed by atoms with van der Waals surface area (Å²) in [5.74, 6) is 0.850. The minimum atomic E-state index is -0.682. The number of rotatable bonds is 7. The van der Waals surface area contributed by atoms with Crippen LogP contribution in [0, 0.1) is 21.8 Å². The third kappa shape index (κ3) is 5.00. The van der Waals surface area contributed by atoms with Crippen molar-refractivity contribution in [2.75, 3.05) is 13.7 Å². The molecule has 0 unspecified atom stereocenters. The van der Waals surface area contributed by atoms with Crippen molar-refractivity contribution in [2.45, 2.75) is 13.8 Å². The summed E-state index contributed by atoms with van der Waals surface area (Å²) in [6.45, 7) is 4.65. The molecule has 2 aromatic carbocycles. The van der Waals surface area contributed by atoms with Crippen LogP contribution >= 0.6 is 0 Å². The number of benzene rings is 2. The fraction of sp³-hybridized carbons (Fsp3) is 0.278. The highest BCUT2D eigenvalue weighted by atomic mass is 19.1. The number of hydrogen-bond donors (Lipinski definition) is 0. The molecule has 0 amide bonds. The van der Waals surface area contributed by atoms with Crippen molar-refractivity contribution in [3.63, 3.8) is 0 Å². The average molecular weight is 346 g/mol. The summed E-state index contributed by atoms with van der Waals surface area (Å²) in [6, 6.07) is 8.47. The smallest absolute Gasteiger partial charge is 0.297 e. The van der Waals surface area contributed by atoms with Crippen molar-refractivity contribution < 1.29 is 18.8 Å². The Hall–Kier alpha value is -2.96. The number of ether oxygens (including phenoxy) is 2. The Balaban J connectivity index is 2.26. The monoisotopic (exact) mass is 346 g/mol. The lowest BCUT2D eigenvalue weighted by Gasteiger charge is -2.12. The van der Waals surface area contributed by atoms with Gasteiger partial charge in [-0.05, 0) is 41.8 Å². The van der Waals surface area contributed by atoms with E-state index in [0.717, 1.165) is 12.1 Å². The van der Waals surface area contributed by atoms with Gasteiger partial charge in [0.25, 0.3) is 5.69 Å². The Bertz CT molecular complexity index is 791. The number of nitrogens with zero attached hydrogens (tertiary/aromatic N) is 2. The van der Waals surface area contributed by atoms with Gasteiger partial charge in [0.1, 0.15) is 11.5 Å². The van der Waals surface area contributed by atoms with E-state index >= 15 is 0 Å². The van der Waals surface area contributed by atoms with Gasteiger partial charge in [-0.2, -0.15) is 0 Å². The molecule has 0 radical (unpaired) electrons. The third-order valence-corrected chi connectivity index (χ3v) is 3.25. The number of halogens is 1. The summed E-state index contributed by atoms with van der Waals surface area (Å²) in [5.41, 5.74) is 0.359. The van der Waals surface area contributed by atoms with E-state index in [0.29, 0.717) is 29.6 Å². The summed E-state index contributed by atoms with van der Waals surface area (Å²) < 4.78 is 24.1. The molecule has 0 fully saturated rings. The summed E-state index contributed by atoms with van der Waals surface area (Å²) in [6.07, 6.45) is 1.45. The molecule has 25 heavy (non-hydrogen) atoms.